The molecule has 0 bridgehead atoms. The fourth-order valence-electron chi connectivity index (χ4n) is 4.31. The number of rotatable bonds is 5. The minimum atomic E-state index is 0.288. The smallest absolute Gasteiger partial charge is 0.238 e. The molecule has 0 aliphatic carbocycles. The molecule has 4 heterocycles. The van der Waals surface area contributed by atoms with Gasteiger partial charge in [0.2, 0.25) is 5.88 Å². The van der Waals surface area contributed by atoms with E-state index in [0.717, 1.165) is 42.3 Å². The summed E-state index contributed by atoms with van der Waals surface area (Å²) in [5, 5.41) is 4.73. The summed E-state index contributed by atoms with van der Waals surface area (Å²) >= 11 is 0. The summed E-state index contributed by atoms with van der Waals surface area (Å²) in [6.45, 7) is 5.03. The highest BCUT2D eigenvalue weighted by atomic mass is 16.5. The van der Waals surface area contributed by atoms with E-state index in [-0.39, 0.29) is 5.92 Å². The first-order valence-corrected chi connectivity index (χ1v) is 10.9. The molecule has 0 saturated carbocycles. The van der Waals surface area contributed by atoms with Crippen molar-refractivity contribution in [2.24, 2.45) is 0 Å². The summed E-state index contributed by atoms with van der Waals surface area (Å²) in [4.78, 5) is 13.8. The number of methoxy groups -OCH3 is 1. The zero-order chi connectivity index (χ0) is 22.1. The molecule has 1 atom stereocenters. The molecule has 5 rings (SSSR count). The summed E-state index contributed by atoms with van der Waals surface area (Å²) in [6.07, 6.45) is 9.75. The average Bonchev–Trinajstić information content (AvgIpc) is 3.43. The first kappa shape index (κ1) is 20.2. The fraction of sp³-hybridized carbons (Fsp3) is 0.280. The van der Waals surface area contributed by atoms with Crippen molar-refractivity contribution in [3.8, 4) is 11.6 Å². The predicted molar refractivity (Wildman–Crippen MR) is 124 cm³/mol. The molecule has 0 radical (unpaired) electrons. The number of imidazole rings is 1. The highest BCUT2D eigenvalue weighted by Crippen LogP contribution is 2.33. The number of benzene rings is 1. The van der Waals surface area contributed by atoms with Crippen LogP contribution in [0.5, 0.6) is 5.88 Å². The van der Waals surface area contributed by atoms with Gasteiger partial charge in [0, 0.05) is 18.7 Å². The third-order valence-electron chi connectivity index (χ3n) is 5.90. The van der Waals surface area contributed by atoms with E-state index in [1.54, 1.807) is 13.4 Å². The number of pyridine rings is 1. The van der Waals surface area contributed by atoms with Crippen molar-refractivity contribution in [3.63, 3.8) is 0 Å². The van der Waals surface area contributed by atoms with Crippen LogP contribution in [0.2, 0.25) is 0 Å². The molecule has 7 nitrogen and oxygen atoms in total. The summed E-state index contributed by atoms with van der Waals surface area (Å²) in [5.41, 5.74) is 5.21. The molecular formula is C25H26N6O. The van der Waals surface area contributed by atoms with Crippen LogP contribution in [-0.2, 0) is 6.54 Å². The van der Waals surface area contributed by atoms with E-state index in [0.29, 0.717) is 11.7 Å². The molecule has 0 fully saturated rings. The second-order valence-electron chi connectivity index (χ2n) is 8.12. The first-order chi connectivity index (χ1) is 15.6. The molecule has 0 spiro atoms. The van der Waals surface area contributed by atoms with Crippen molar-refractivity contribution >= 4 is 12.2 Å². The number of nitrogens with zero attached hydrogens (tertiary/aromatic N) is 6. The monoisotopic (exact) mass is 426 g/mol. The Morgan fingerprint density at radius 2 is 1.94 bits per heavy atom. The summed E-state index contributed by atoms with van der Waals surface area (Å²) in [7, 11) is 1.62. The van der Waals surface area contributed by atoms with Gasteiger partial charge in [-0.05, 0) is 62.1 Å². The van der Waals surface area contributed by atoms with E-state index >= 15 is 0 Å². The fourth-order valence-corrected chi connectivity index (χ4v) is 4.31. The van der Waals surface area contributed by atoms with Crippen LogP contribution in [0.3, 0.4) is 0 Å². The van der Waals surface area contributed by atoms with Crippen LogP contribution < -0.4 is 4.74 Å². The standard InChI is InChI=1S/C25H26N6O/c1-17-7-4-5-8-20(17)21-9-6-14-31-24(21)28-23(29-31)13-11-19-10-12-22(25(27-19)32-3)30-15-18(2)26-16-30/h4-5,7-8,10-13,15-16,21H,6,9,14H2,1-3H3/b13-11+/t21-/m1/s1. The molecule has 162 valence electrons. The second-order valence-corrected chi connectivity index (χ2v) is 8.12. The van der Waals surface area contributed by atoms with Gasteiger partial charge in [0.05, 0.1) is 24.8 Å². The van der Waals surface area contributed by atoms with Gasteiger partial charge in [-0.3, -0.25) is 0 Å². The van der Waals surface area contributed by atoms with Crippen LogP contribution in [0.15, 0.2) is 48.9 Å². The summed E-state index contributed by atoms with van der Waals surface area (Å²) in [5.74, 6) is 2.58. The number of ether oxygens (including phenoxy) is 1. The summed E-state index contributed by atoms with van der Waals surface area (Å²) in [6, 6.07) is 12.5. The van der Waals surface area contributed by atoms with Gasteiger partial charge in [-0.15, -0.1) is 0 Å². The van der Waals surface area contributed by atoms with E-state index in [9.17, 15) is 0 Å². The van der Waals surface area contributed by atoms with E-state index in [1.807, 2.05) is 42.0 Å². The zero-order valence-electron chi connectivity index (χ0n) is 18.6. The molecule has 0 amide bonds. The van der Waals surface area contributed by atoms with Gasteiger partial charge in [-0.1, -0.05) is 24.3 Å². The van der Waals surface area contributed by atoms with Crippen molar-refractivity contribution in [3.05, 3.63) is 83.1 Å². The predicted octanol–water partition coefficient (Wildman–Crippen LogP) is 4.58. The maximum absolute atomic E-state index is 5.51. The van der Waals surface area contributed by atoms with E-state index < -0.39 is 0 Å². The van der Waals surface area contributed by atoms with E-state index in [4.69, 9.17) is 14.8 Å². The van der Waals surface area contributed by atoms with Crippen LogP contribution >= 0.6 is 0 Å². The Labute approximate surface area is 187 Å². The molecule has 4 aromatic rings. The Morgan fingerprint density at radius 1 is 1.06 bits per heavy atom. The average molecular weight is 427 g/mol. The van der Waals surface area contributed by atoms with Gasteiger partial charge in [-0.25, -0.2) is 19.6 Å². The molecule has 1 aliphatic rings. The molecule has 1 aromatic carbocycles. The van der Waals surface area contributed by atoms with Gasteiger partial charge in [-0.2, -0.15) is 5.10 Å². The minimum absolute atomic E-state index is 0.288. The SMILES string of the molecule is COc1nc(/C=C/c2nc3n(n2)CCC[C@@H]3c2ccccc2C)ccc1-n1cnc(C)c1. The highest BCUT2D eigenvalue weighted by molar-refractivity contribution is 5.65. The number of hydrogen-bond acceptors (Lipinski definition) is 5. The largest absolute Gasteiger partial charge is 0.479 e. The van der Waals surface area contributed by atoms with Gasteiger partial charge in [0.1, 0.15) is 11.5 Å². The number of hydrogen-bond donors (Lipinski definition) is 0. The molecule has 0 saturated heterocycles. The van der Waals surface area contributed by atoms with Gasteiger partial charge < -0.3 is 9.30 Å². The lowest BCUT2D eigenvalue weighted by Crippen LogP contribution is -2.18. The van der Waals surface area contributed by atoms with Crippen LogP contribution in [0.25, 0.3) is 17.8 Å². The van der Waals surface area contributed by atoms with Crippen LogP contribution in [0.4, 0.5) is 0 Å². The molecular weight excluding hydrogens is 400 g/mol. The molecule has 3 aromatic heterocycles. The lowest BCUT2D eigenvalue weighted by Gasteiger charge is -2.23. The van der Waals surface area contributed by atoms with Gasteiger partial charge >= 0.3 is 0 Å². The second kappa shape index (κ2) is 8.42. The maximum atomic E-state index is 5.51. The molecule has 0 N–H and O–H groups in total. The van der Waals surface area contributed by atoms with Gasteiger partial charge in [0.15, 0.2) is 5.82 Å². The number of aryl methyl sites for hydroxylation is 3. The van der Waals surface area contributed by atoms with Crippen LogP contribution in [-0.4, -0.2) is 36.4 Å². The van der Waals surface area contributed by atoms with Gasteiger partial charge in [0.25, 0.3) is 0 Å². The Hall–Kier alpha value is -3.74. The third kappa shape index (κ3) is 3.82. The Bertz CT molecular complexity index is 1290. The molecule has 32 heavy (non-hydrogen) atoms. The lowest BCUT2D eigenvalue weighted by atomic mass is 9.88. The number of fused-ring (bicyclic) bond motifs is 1. The third-order valence-corrected chi connectivity index (χ3v) is 5.90. The molecule has 7 heteroatoms. The van der Waals surface area contributed by atoms with E-state index in [1.165, 1.54) is 11.1 Å². The van der Waals surface area contributed by atoms with Crippen molar-refractivity contribution in [1.82, 2.24) is 29.3 Å². The zero-order valence-corrected chi connectivity index (χ0v) is 18.6. The molecule has 1 aliphatic heterocycles. The van der Waals surface area contributed by atoms with Crippen molar-refractivity contribution < 1.29 is 4.74 Å². The van der Waals surface area contributed by atoms with Crippen molar-refractivity contribution in [2.45, 2.75) is 39.2 Å². The Morgan fingerprint density at radius 3 is 2.72 bits per heavy atom. The van der Waals surface area contributed by atoms with Crippen molar-refractivity contribution in [2.75, 3.05) is 7.11 Å². The first-order valence-electron chi connectivity index (χ1n) is 10.9. The molecule has 0 unspecified atom stereocenters. The normalized spacial score (nSPS) is 15.8. The summed E-state index contributed by atoms with van der Waals surface area (Å²) < 4.78 is 9.48. The minimum Gasteiger partial charge on any atom is -0.479 e. The Kier molecular flexibility index (Phi) is 5.31. The lowest BCUT2D eigenvalue weighted by molar-refractivity contribution is 0.395. The maximum Gasteiger partial charge on any atom is 0.238 e. The highest BCUT2D eigenvalue weighted by Gasteiger charge is 2.26. The number of aromatic nitrogens is 6. The quantitative estimate of drug-likeness (QED) is 0.467. The topological polar surface area (TPSA) is 70.7 Å². The Balaban J connectivity index is 1.42. The van der Waals surface area contributed by atoms with E-state index in [2.05, 4.69) is 45.8 Å². The van der Waals surface area contributed by atoms with Crippen LogP contribution in [0, 0.1) is 13.8 Å². The van der Waals surface area contributed by atoms with Crippen molar-refractivity contribution in [1.29, 1.82) is 0 Å². The van der Waals surface area contributed by atoms with Crippen LogP contribution in [0.1, 0.15) is 52.9 Å².